The highest BCUT2D eigenvalue weighted by Crippen LogP contribution is 2.09. The molecule has 0 fully saturated rings. The molecule has 0 radical (unpaired) electrons. The first kappa shape index (κ1) is 11.3. The van der Waals surface area contributed by atoms with E-state index >= 15 is 0 Å². The minimum Gasteiger partial charge on any atom is -0.335 e. The number of aromatic amines is 1. The predicted octanol–water partition coefficient (Wildman–Crippen LogP) is 0.992. The molecule has 2 N–H and O–H groups in total. The van der Waals surface area contributed by atoms with Crippen molar-refractivity contribution >= 4 is 21.4 Å². The highest BCUT2D eigenvalue weighted by atomic mass is 32.2. The quantitative estimate of drug-likeness (QED) is 0.839. The van der Waals surface area contributed by atoms with E-state index in [2.05, 4.69) is 14.7 Å². The van der Waals surface area contributed by atoms with Crippen molar-refractivity contribution in [2.75, 3.05) is 6.54 Å². The lowest BCUT2D eigenvalue weighted by Gasteiger charge is -2.02. The van der Waals surface area contributed by atoms with Crippen molar-refractivity contribution in [3.63, 3.8) is 0 Å². The number of thiophene rings is 1. The third-order valence-electron chi connectivity index (χ3n) is 2.01. The van der Waals surface area contributed by atoms with Crippen LogP contribution in [0.15, 0.2) is 35.1 Å². The number of imidazole rings is 1. The van der Waals surface area contributed by atoms with Gasteiger partial charge in [0.25, 0.3) is 10.0 Å². The second-order valence-corrected chi connectivity index (χ2v) is 5.91. The van der Waals surface area contributed by atoms with Crippen molar-refractivity contribution in [2.24, 2.45) is 0 Å². The van der Waals surface area contributed by atoms with Gasteiger partial charge in [-0.25, -0.2) is 18.1 Å². The summed E-state index contributed by atoms with van der Waals surface area (Å²) < 4.78 is 25.8. The number of aromatic nitrogens is 2. The second kappa shape index (κ2) is 4.77. The zero-order valence-corrected chi connectivity index (χ0v) is 10.0. The Bertz CT molecular complexity index is 517. The predicted molar refractivity (Wildman–Crippen MR) is 61.8 cm³/mol. The number of nitrogens with one attached hydrogen (secondary N) is 2. The van der Waals surface area contributed by atoms with Crippen LogP contribution in [0.4, 0.5) is 0 Å². The SMILES string of the molecule is O=S(=O)(NCCc1cccs1)c1cnc[nH]1. The molecule has 0 amide bonds. The van der Waals surface area contributed by atoms with Crippen LogP contribution >= 0.6 is 11.3 Å². The molecule has 0 unspecified atom stereocenters. The van der Waals surface area contributed by atoms with E-state index in [1.165, 1.54) is 12.5 Å². The Labute approximate surface area is 97.6 Å². The van der Waals surface area contributed by atoms with Crippen LogP contribution in [0.3, 0.4) is 0 Å². The molecule has 2 aromatic heterocycles. The van der Waals surface area contributed by atoms with E-state index in [0.29, 0.717) is 13.0 Å². The molecule has 0 saturated heterocycles. The first-order valence-electron chi connectivity index (χ1n) is 4.69. The highest BCUT2D eigenvalue weighted by Gasteiger charge is 2.14. The molecule has 16 heavy (non-hydrogen) atoms. The lowest BCUT2D eigenvalue weighted by atomic mass is 10.3. The van der Waals surface area contributed by atoms with Crippen molar-refractivity contribution < 1.29 is 8.42 Å². The summed E-state index contributed by atoms with van der Waals surface area (Å²) in [6.45, 7) is 0.391. The van der Waals surface area contributed by atoms with Crippen LogP contribution in [-0.4, -0.2) is 24.9 Å². The summed E-state index contributed by atoms with van der Waals surface area (Å²) in [4.78, 5) is 7.40. The first-order chi connectivity index (χ1) is 7.68. The normalized spacial score (nSPS) is 11.8. The second-order valence-electron chi connectivity index (χ2n) is 3.14. The monoisotopic (exact) mass is 257 g/mol. The molecular weight excluding hydrogens is 246 g/mol. The van der Waals surface area contributed by atoms with E-state index in [0.717, 1.165) is 4.88 Å². The van der Waals surface area contributed by atoms with E-state index in [1.54, 1.807) is 11.3 Å². The van der Waals surface area contributed by atoms with Crippen LogP contribution in [-0.2, 0) is 16.4 Å². The van der Waals surface area contributed by atoms with Crippen molar-refractivity contribution in [1.29, 1.82) is 0 Å². The summed E-state index contributed by atoms with van der Waals surface area (Å²) in [5.41, 5.74) is 0. The number of sulfonamides is 1. The van der Waals surface area contributed by atoms with E-state index in [1.807, 2.05) is 17.5 Å². The largest absolute Gasteiger partial charge is 0.335 e. The summed E-state index contributed by atoms with van der Waals surface area (Å²) in [7, 11) is -3.43. The summed E-state index contributed by atoms with van der Waals surface area (Å²) in [6.07, 6.45) is 3.33. The Balaban J connectivity index is 1.91. The van der Waals surface area contributed by atoms with E-state index in [-0.39, 0.29) is 5.03 Å². The molecule has 2 rings (SSSR count). The molecule has 0 spiro atoms. The molecule has 0 aliphatic carbocycles. The van der Waals surface area contributed by atoms with Crippen LogP contribution in [0.2, 0.25) is 0 Å². The number of H-pyrrole nitrogens is 1. The average Bonchev–Trinajstić information content (AvgIpc) is 2.90. The van der Waals surface area contributed by atoms with Crippen LogP contribution < -0.4 is 4.72 Å². The molecule has 7 heteroatoms. The van der Waals surface area contributed by atoms with Crippen molar-refractivity contribution in [3.8, 4) is 0 Å². The Hall–Kier alpha value is -1.18. The van der Waals surface area contributed by atoms with Gasteiger partial charge in [0.1, 0.15) is 0 Å². The van der Waals surface area contributed by atoms with Crippen molar-refractivity contribution in [3.05, 3.63) is 34.9 Å². The minimum absolute atomic E-state index is 0.0960. The first-order valence-corrected chi connectivity index (χ1v) is 7.05. The van der Waals surface area contributed by atoms with Crippen molar-refractivity contribution in [1.82, 2.24) is 14.7 Å². The molecule has 0 saturated carbocycles. The van der Waals surface area contributed by atoms with Crippen LogP contribution in [0.25, 0.3) is 0 Å². The average molecular weight is 257 g/mol. The van der Waals surface area contributed by atoms with Gasteiger partial charge in [-0.05, 0) is 17.9 Å². The van der Waals surface area contributed by atoms with Gasteiger partial charge in [-0.1, -0.05) is 6.07 Å². The number of hydrogen-bond acceptors (Lipinski definition) is 4. The third kappa shape index (κ3) is 2.69. The molecule has 0 aliphatic rings. The van der Waals surface area contributed by atoms with E-state index in [4.69, 9.17) is 0 Å². The maximum absolute atomic E-state index is 11.6. The Morgan fingerprint density at radius 1 is 1.50 bits per heavy atom. The van der Waals surface area contributed by atoms with Gasteiger partial charge in [-0.3, -0.25) is 0 Å². The van der Waals surface area contributed by atoms with Gasteiger partial charge in [-0.2, -0.15) is 0 Å². The smallest absolute Gasteiger partial charge is 0.257 e. The molecule has 0 bridgehead atoms. The summed E-state index contributed by atoms with van der Waals surface area (Å²) >= 11 is 1.62. The lowest BCUT2D eigenvalue weighted by molar-refractivity contribution is 0.578. The molecule has 0 atom stereocenters. The fourth-order valence-electron chi connectivity index (χ4n) is 1.23. The molecule has 0 aromatic carbocycles. The van der Waals surface area contributed by atoms with Gasteiger partial charge >= 0.3 is 0 Å². The molecule has 2 aromatic rings. The van der Waals surface area contributed by atoms with Gasteiger partial charge in [0.15, 0.2) is 5.03 Å². The maximum atomic E-state index is 11.6. The van der Waals surface area contributed by atoms with Gasteiger partial charge in [0.05, 0.1) is 12.5 Å². The van der Waals surface area contributed by atoms with Crippen LogP contribution in [0.1, 0.15) is 4.88 Å². The molecule has 5 nitrogen and oxygen atoms in total. The topological polar surface area (TPSA) is 74.8 Å². The summed E-state index contributed by atoms with van der Waals surface area (Å²) in [5.74, 6) is 0. The van der Waals surface area contributed by atoms with Crippen LogP contribution in [0, 0.1) is 0 Å². The standard InChI is InChI=1S/C9H11N3O2S2/c13-16(14,9-6-10-7-11-9)12-4-3-8-2-1-5-15-8/h1-2,5-7,12H,3-4H2,(H,10,11). The zero-order valence-electron chi connectivity index (χ0n) is 8.38. The Morgan fingerprint density at radius 3 is 3.00 bits per heavy atom. The van der Waals surface area contributed by atoms with Gasteiger partial charge < -0.3 is 4.98 Å². The van der Waals surface area contributed by atoms with Gasteiger partial charge in [0, 0.05) is 11.4 Å². The summed E-state index contributed by atoms with van der Waals surface area (Å²) in [6, 6.07) is 3.93. The highest BCUT2D eigenvalue weighted by molar-refractivity contribution is 7.89. The molecule has 2 heterocycles. The zero-order chi connectivity index (χ0) is 11.4. The molecule has 0 aliphatic heterocycles. The maximum Gasteiger partial charge on any atom is 0.257 e. The van der Waals surface area contributed by atoms with Gasteiger partial charge in [-0.15, -0.1) is 11.3 Å². The Morgan fingerprint density at radius 2 is 2.38 bits per heavy atom. The van der Waals surface area contributed by atoms with Crippen LogP contribution in [0.5, 0.6) is 0 Å². The van der Waals surface area contributed by atoms with E-state index in [9.17, 15) is 8.42 Å². The Kier molecular flexibility index (Phi) is 3.37. The lowest BCUT2D eigenvalue weighted by Crippen LogP contribution is -2.26. The third-order valence-corrected chi connectivity index (χ3v) is 4.33. The summed E-state index contributed by atoms with van der Waals surface area (Å²) in [5, 5.41) is 2.07. The van der Waals surface area contributed by atoms with E-state index < -0.39 is 10.0 Å². The van der Waals surface area contributed by atoms with Crippen molar-refractivity contribution in [2.45, 2.75) is 11.4 Å². The number of hydrogen-bond donors (Lipinski definition) is 2. The fraction of sp³-hybridized carbons (Fsp3) is 0.222. The molecule has 86 valence electrons. The van der Waals surface area contributed by atoms with Gasteiger partial charge in [0.2, 0.25) is 0 Å². The fourth-order valence-corrected chi connectivity index (χ4v) is 2.87. The number of rotatable bonds is 5. The molecular formula is C9H11N3O2S2. The number of nitrogens with zero attached hydrogens (tertiary/aromatic N) is 1. The minimum atomic E-state index is -3.43.